The molecule has 1 aromatic heterocycles. The van der Waals surface area contributed by atoms with Gasteiger partial charge < -0.3 is 9.64 Å². The van der Waals surface area contributed by atoms with Crippen molar-refractivity contribution in [2.75, 3.05) is 31.8 Å². The van der Waals surface area contributed by atoms with Crippen LogP contribution in [0.25, 0.3) is 10.9 Å². The maximum Gasteiger partial charge on any atom is 0.256 e. The quantitative estimate of drug-likeness (QED) is 0.793. The van der Waals surface area contributed by atoms with Gasteiger partial charge in [0.2, 0.25) is 0 Å². The third-order valence-corrected chi connectivity index (χ3v) is 6.40. The van der Waals surface area contributed by atoms with E-state index >= 15 is 0 Å². The zero-order valence-electron chi connectivity index (χ0n) is 14.7. The number of carbonyl (C=O) groups excluding carboxylic acids is 1. The molecule has 0 spiro atoms. The third-order valence-electron chi connectivity index (χ3n) is 4.65. The lowest BCUT2D eigenvalue weighted by Gasteiger charge is -2.28. The lowest BCUT2D eigenvalue weighted by Crippen LogP contribution is -2.43. The second kappa shape index (κ2) is 7.28. The molecule has 1 unspecified atom stereocenters. The number of sulfone groups is 1. The topological polar surface area (TPSA) is 76.6 Å². The van der Waals surface area contributed by atoms with E-state index in [1.165, 1.54) is 19.2 Å². The molecule has 0 aliphatic carbocycles. The van der Waals surface area contributed by atoms with E-state index in [4.69, 9.17) is 4.74 Å². The van der Waals surface area contributed by atoms with Crippen molar-refractivity contribution in [1.82, 2.24) is 9.88 Å². The Hall–Kier alpha value is -2.06. The molecule has 2 aromatic rings. The summed E-state index contributed by atoms with van der Waals surface area (Å²) in [7, 11) is -1.59. The molecule has 0 saturated carbocycles. The minimum absolute atomic E-state index is 0.0340. The Kier molecular flexibility index (Phi) is 5.24. The Morgan fingerprint density at radius 2 is 2.15 bits per heavy atom. The number of benzene rings is 1. The summed E-state index contributed by atoms with van der Waals surface area (Å²) in [6.07, 6.45) is 0.420. The molecule has 8 heteroatoms. The number of fused-ring (bicyclic) bond motifs is 1. The largest absolute Gasteiger partial charge is 0.383 e. The van der Waals surface area contributed by atoms with E-state index in [0.29, 0.717) is 41.7 Å². The molecule has 0 radical (unpaired) electrons. The minimum atomic E-state index is -3.12. The number of halogens is 1. The lowest BCUT2D eigenvalue weighted by molar-refractivity contribution is 0.0623. The Morgan fingerprint density at radius 1 is 1.38 bits per heavy atom. The van der Waals surface area contributed by atoms with Crippen molar-refractivity contribution < 1.29 is 22.3 Å². The first-order chi connectivity index (χ1) is 12.3. The van der Waals surface area contributed by atoms with E-state index in [-0.39, 0.29) is 29.3 Å². The summed E-state index contributed by atoms with van der Waals surface area (Å²) in [5, 5.41) is 0.658. The normalized spacial score (nSPS) is 19.0. The molecule has 1 aromatic carbocycles. The van der Waals surface area contributed by atoms with Crippen molar-refractivity contribution in [3.8, 4) is 0 Å². The number of nitrogens with zero attached hydrogens (tertiary/aromatic N) is 2. The molecule has 1 aliphatic heterocycles. The molecule has 6 nitrogen and oxygen atoms in total. The summed E-state index contributed by atoms with van der Waals surface area (Å²) in [5.41, 5.74) is 1.35. The Bertz CT molecular complexity index is 946. The number of hydrogen-bond acceptors (Lipinski definition) is 5. The van der Waals surface area contributed by atoms with Gasteiger partial charge in [-0.2, -0.15) is 0 Å². The van der Waals surface area contributed by atoms with Crippen LogP contribution in [0.4, 0.5) is 4.39 Å². The fourth-order valence-corrected chi connectivity index (χ4v) is 5.00. The second-order valence-corrected chi connectivity index (χ2v) is 8.74. The molecule has 1 amide bonds. The second-order valence-electron chi connectivity index (χ2n) is 6.51. The van der Waals surface area contributed by atoms with E-state index in [0.717, 1.165) is 0 Å². The molecule has 1 aliphatic rings. The maximum absolute atomic E-state index is 13.4. The van der Waals surface area contributed by atoms with Crippen molar-refractivity contribution in [1.29, 1.82) is 0 Å². The highest BCUT2D eigenvalue weighted by Gasteiger charge is 2.35. The van der Waals surface area contributed by atoms with Gasteiger partial charge >= 0.3 is 0 Å². The number of hydrogen-bond donors (Lipinski definition) is 0. The highest BCUT2D eigenvalue weighted by atomic mass is 32.2. The summed E-state index contributed by atoms with van der Waals surface area (Å²) in [5.74, 6) is -0.613. The molecular weight excluding hydrogens is 359 g/mol. The number of aryl methyl sites for hydroxylation is 1. The molecule has 3 rings (SSSR count). The van der Waals surface area contributed by atoms with Crippen LogP contribution in [0.15, 0.2) is 24.3 Å². The number of carbonyl (C=O) groups is 1. The summed E-state index contributed by atoms with van der Waals surface area (Å²) < 4.78 is 42.1. The van der Waals surface area contributed by atoms with Gasteiger partial charge in [0.1, 0.15) is 5.82 Å². The van der Waals surface area contributed by atoms with Crippen LogP contribution in [0.2, 0.25) is 0 Å². The zero-order valence-corrected chi connectivity index (χ0v) is 15.6. The number of ether oxygens (including phenoxy) is 1. The van der Waals surface area contributed by atoms with E-state index in [1.54, 1.807) is 24.0 Å². The van der Waals surface area contributed by atoms with E-state index in [1.807, 2.05) is 0 Å². The summed E-state index contributed by atoms with van der Waals surface area (Å²) >= 11 is 0. The van der Waals surface area contributed by atoms with Crippen LogP contribution in [-0.2, 0) is 14.6 Å². The highest BCUT2D eigenvalue weighted by Crippen LogP contribution is 2.23. The van der Waals surface area contributed by atoms with Crippen molar-refractivity contribution in [2.45, 2.75) is 19.4 Å². The average molecular weight is 380 g/mol. The molecule has 140 valence electrons. The van der Waals surface area contributed by atoms with Crippen LogP contribution in [0.3, 0.4) is 0 Å². The van der Waals surface area contributed by atoms with Crippen LogP contribution in [0, 0.1) is 12.7 Å². The fourth-order valence-electron chi connectivity index (χ4n) is 3.27. The van der Waals surface area contributed by atoms with Gasteiger partial charge in [0.05, 0.1) is 34.9 Å². The van der Waals surface area contributed by atoms with Crippen LogP contribution in [0.5, 0.6) is 0 Å². The van der Waals surface area contributed by atoms with Crippen molar-refractivity contribution in [2.24, 2.45) is 0 Å². The molecular formula is C18H21FN2O4S. The summed E-state index contributed by atoms with van der Waals surface area (Å²) in [4.78, 5) is 19.0. The molecule has 0 bridgehead atoms. The Morgan fingerprint density at radius 3 is 2.81 bits per heavy atom. The number of aromatic nitrogens is 1. The van der Waals surface area contributed by atoms with Crippen molar-refractivity contribution in [3.63, 3.8) is 0 Å². The third kappa shape index (κ3) is 3.86. The first kappa shape index (κ1) is 18.7. The standard InChI is InChI=1S/C18H21FN2O4S/c1-12-16(9-13-3-4-14(19)10-17(13)20-12)18(22)21(6-7-25-2)15-5-8-26(23,24)11-15/h3-4,9-10,15H,5-8,11H2,1-2H3. The monoisotopic (exact) mass is 380 g/mol. The summed E-state index contributed by atoms with van der Waals surface area (Å²) in [6.45, 7) is 2.31. The number of methoxy groups -OCH3 is 1. The van der Waals surface area contributed by atoms with Gasteiger partial charge in [-0.3, -0.25) is 9.78 Å². The predicted octanol–water partition coefficient (Wildman–Crippen LogP) is 1.96. The average Bonchev–Trinajstić information content (AvgIpc) is 2.94. The van der Waals surface area contributed by atoms with Gasteiger partial charge in [-0.15, -0.1) is 0 Å². The SMILES string of the molecule is COCCN(C(=O)c1cc2ccc(F)cc2nc1C)C1CCS(=O)(=O)C1. The van der Waals surface area contributed by atoms with Gasteiger partial charge in [0.15, 0.2) is 9.84 Å². The first-order valence-corrected chi connectivity index (χ1v) is 10.2. The van der Waals surface area contributed by atoms with Gasteiger partial charge in [-0.05, 0) is 31.5 Å². The van der Waals surface area contributed by atoms with Crippen molar-refractivity contribution in [3.05, 3.63) is 41.3 Å². The fraction of sp³-hybridized carbons (Fsp3) is 0.444. The highest BCUT2D eigenvalue weighted by molar-refractivity contribution is 7.91. The van der Waals surface area contributed by atoms with Gasteiger partial charge in [0, 0.05) is 31.1 Å². The van der Waals surface area contributed by atoms with Crippen LogP contribution < -0.4 is 0 Å². The van der Waals surface area contributed by atoms with Gasteiger partial charge in [-0.1, -0.05) is 0 Å². The molecule has 0 N–H and O–H groups in total. The Labute approximate surface area is 151 Å². The molecule has 1 fully saturated rings. The summed E-state index contributed by atoms with van der Waals surface area (Å²) in [6, 6.07) is 5.53. The Balaban J connectivity index is 1.96. The molecule has 26 heavy (non-hydrogen) atoms. The van der Waals surface area contributed by atoms with Crippen molar-refractivity contribution >= 4 is 26.6 Å². The minimum Gasteiger partial charge on any atom is -0.383 e. The van der Waals surface area contributed by atoms with Crippen LogP contribution in [0.1, 0.15) is 22.5 Å². The first-order valence-electron chi connectivity index (χ1n) is 8.38. The lowest BCUT2D eigenvalue weighted by atomic mass is 10.1. The number of pyridine rings is 1. The zero-order chi connectivity index (χ0) is 18.9. The van der Waals surface area contributed by atoms with E-state index in [9.17, 15) is 17.6 Å². The molecule has 2 heterocycles. The molecule has 1 atom stereocenters. The molecule has 1 saturated heterocycles. The van der Waals surface area contributed by atoms with Gasteiger partial charge in [0.25, 0.3) is 5.91 Å². The predicted molar refractivity (Wildman–Crippen MR) is 96.4 cm³/mol. The number of amides is 1. The van der Waals surface area contributed by atoms with E-state index in [2.05, 4.69) is 4.98 Å². The van der Waals surface area contributed by atoms with E-state index < -0.39 is 9.84 Å². The van der Waals surface area contributed by atoms with Gasteiger partial charge in [-0.25, -0.2) is 12.8 Å². The van der Waals surface area contributed by atoms with Crippen LogP contribution >= 0.6 is 0 Å². The number of rotatable bonds is 5. The smallest absolute Gasteiger partial charge is 0.256 e. The maximum atomic E-state index is 13.4. The van der Waals surface area contributed by atoms with Crippen LogP contribution in [-0.4, -0.2) is 62.0 Å².